The van der Waals surface area contributed by atoms with E-state index >= 15 is 0 Å². The summed E-state index contributed by atoms with van der Waals surface area (Å²) in [5.74, 6) is 3.68. The maximum absolute atomic E-state index is 12.6. The van der Waals surface area contributed by atoms with E-state index in [9.17, 15) is 8.78 Å². The first-order chi connectivity index (χ1) is 13.3. The van der Waals surface area contributed by atoms with Crippen LogP contribution >= 0.6 is 0 Å². The molecule has 8 fully saturated rings. The molecule has 0 aliphatic heterocycles. The van der Waals surface area contributed by atoms with Gasteiger partial charge in [-0.2, -0.15) is 0 Å². The number of rotatable bonds is 4. The molecule has 0 spiro atoms. The van der Waals surface area contributed by atoms with E-state index < -0.39 is 0 Å². The van der Waals surface area contributed by atoms with Gasteiger partial charge in [0, 0.05) is 19.3 Å². The maximum atomic E-state index is 12.6. The van der Waals surface area contributed by atoms with E-state index in [4.69, 9.17) is 0 Å². The highest BCUT2D eigenvalue weighted by Gasteiger charge is 2.58. The Hall–Kier alpha value is -0.180. The third kappa shape index (κ3) is 4.35. The summed E-state index contributed by atoms with van der Waals surface area (Å²) < 4.78 is 25.2. The first kappa shape index (κ1) is 24.5. The highest BCUT2D eigenvalue weighted by Crippen LogP contribution is 2.66. The number of quaternary nitrogens is 1. The molecular formula is C27H49F2N. The largest absolute Gasteiger partial charge is 0.358 e. The molecule has 8 bridgehead atoms. The molecule has 3 N–H and O–H groups in total. The number of hydrogen-bond donors (Lipinski definition) is 1. The molecular weight excluding hydrogens is 376 g/mol. The fraction of sp³-hybridized carbons (Fsp3) is 0.963. The van der Waals surface area contributed by atoms with Crippen LogP contribution in [0, 0.1) is 47.3 Å². The lowest BCUT2D eigenvalue weighted by Gasteiger charge is -2.61. The molecule has 4 unspecified atom stereocenters. The highest BCUT2D eigenvalue weighted by molar-refractivity contribution is 5.08. The van der Waals surface area contributed by atoms with E-state index in [0.29, 0.717) is 21.8 Å². The van der Waals surface area contributed by atoms with E-state index in [1.807, 2.05) is 0 Å². The molecule has 30 heavy (non-hydrogen) atoms. The summed E-state index contributed by atoms with van der Waals surface area (Å²) >= 11 is 0. The Labute approximate surface area is 185 Å². The molecule has 176 valence electrons. The predicted octanol–water partition coefficient (Wildman–Crippen LogP) is 6.97. The van der Waals surface area contributed by atoms with Crippen LogP contribution in [0.3, 0.4) is 0 Å². The summed E-state index contributed by atoms with van der Waals surface area (Å²) in [4.78, 5) is 0. The molecule has 0 saturated heterocycles. The topological polar surface area (TPSA) is 27.6 Å². The fourth-order valence-electron chi connectivity index (χ4n) is 10.6. The van der Waals surface area contributed by atoms with Crippen LogP contribution in [0.2, 0.25) is 0 Å². The van der Waals surface area contributed by atoms with Crippen LogP contribution in [0.15, 0.2) is 0 Å². The van der Waals surface area contributed by atoms with Gasteiger partial charge in [0.25, 0.3) is 0 Å². The molecule has 0 radical (unpaired) electrons. The molecule has 0 aromatic rings. The van der Waals surface area contributed by atoms with Crippen LogP contribution < -0.4 is 5.73 Å². The predicted molar refractivity (Wildman–Crippen MR) is 122 cm³/mol. The van der Waals surface area contributed by atoms with Crippen molar-refractivity contribution in [3.63, 3.8) is 0 Å². The molecule has 1 nitrogen and oxygen atoms in total. The van der Waals surface area contributed by atoms with Crippen molar-refractivity contribution in [2.45, 2.75) is 110 Å². The molecule has 8 saturated carbocycles. The molecule has 0 aromatic carbocycles. The zero-order valence-electron chi connectivity index (χ0n) is 19.1. The summed E-state index contributed by atoms with van der Waals surface area (Å²) in [5.41, 5.74) is 6.19. The first-order valence-corrected chi connectivity index (χ1v) is 12.2. The lowest BCUT2D eigenvalue weighted by Crippen LogP contribution is -2.79. The van der Waals surface area contributed by atoms with E-state index in [1.54, 1.807) is 0 Å². The van der Waals surface area contributed by atoms with Gasteiger partial charge in [0.2, 0.25) is 0 Å². The van der Waals surface area contributed by atoms with Crippen molar-refractivity contribution in [3.05, 3.63) is 7.43 Å². The Morgan fingerprint density at radius 1 is 0.700 bits per heavy atom. The molecule has 8 rings (SSSR count). The minimum Gasteiger partial charge on any atom is -0.358 e. The smallest absolute Gasteiger partial charge is 0.0956 e. The van der Waals surface area contributed by atoms with Gasteiger partial charge in [0.05, 0.1) is 18.9 Å². The van der Waals surface area contributed by atoms with Gasteiger partial charge in [0.1, 0.15) is 0 Å². The van der Waals surface area contributed by atoms with Gasteiger partial charge >= 0.3 is 0 Å². The van der Waals surface area contributed by atoms with Crippen molar-refractivity contribution in [1.82, 2.24) is 0 Å². The van der Waals surface area contributed by atoms with E-state index in [-0.39, 0.29) is 28.2 Å². The van der Waals surface area contributed by atoms with Gasteiger partial charge in [0.15, 0.2) is 0 Å². The number of hydrogen-bond acceptors (Lipinski definition) is 0. The fourth-order valence-corrected chi connectivity index (χ4v) is 10.6. The van der Waals surface area contributed by atoms with Crippen molar-refractivity contribution >= 4 is 0 Å². The van der Waals surface area contributed by atoms with Crippen molar-refractivity contribution in [2.24, 2.45) is 39.9 Å². The van der Waals surface area contributed by atoms with E-state index in [2.05, 4.69) is 12.7 Å². The van der Waals surface area contributed by atoms with Crippen molar-refractivity contribution < 1.29 is 14.5 Å². The van der Waals surface area contributed by atoms with Gasteiger partial charge in [-0.3, -0.25) is 8.78 Å². The lowest BCUT2D eigenvalue weighted by atomic mass is 9.44. The van der Waals surface area contributed by atoms with Crippen LogP contribution in [-0.4, -0.2) is 18.9 Å². The van der Waals surface area contributed by atoms with Crippen LogP contribution in [0.1, 0.15) is 104 Å². The van der Waals surface area contributed by atoms with Crippen LogP contribution in [0.5, 0.6) is 0 Å². The Balaban J connectivity index is 0.000000160. The monoisotopic (exact) mass is 425 g/mol. The number of halogens is 2. The first-order valence-electron chi connectivity index (χ1n) is 12.2. The van der Waals surface area contributed by atoms with Gasteiger partial charge in [-0.25, -0.2) is 0 Å². The maximum Gasteiger partial charge on any atom is 0.0956 e. The van der Waals surface area contributed by atoms with Gasteiger partial charge < -0.3 is 13.2 Å². The van der Waals surface area contributed by atoms with Crippen LogP contribution in [0.4, 0.5) is 8.78 Å². The average molecular weight is 426 g/mol. The Kier molecular flexibility index (Phi) is 6.77. The summed E-state index contributed by atoms with van der Waals surface area (Å²) in [5, 5.41) is 0. The quantitative estimate of drug-likeness (QED) is 0.471. The molecule has 8 aliphatic rings. The summed E-state index contributed by atoms with van der Waals surface area (Å²) in [6.07, 6.45) is 18.0. The minimum atomic E-state index is -0.116. The Bertz CT molecular complexity index is 522. The summed E-state index contributed by atoms with van der Waals surface area (Å²) in [6.45, 7) is 2.25. The Morgan fingerprint density at radius 3 is 1.47 bits per heavy atom. The average Bonchev–Trinajstić information content (AvgIpc) is 2.50. The van der Waals surface area contributed by atoms with Crippen LogP contribution in [-0.2, 0) is 0 Å². The zero-order chi connectivity index (χ0) is 19.6. The van der Waals surface area contributed by atoms with E-state index in [0.717, 1.165) is 36.5 Å². The molecule has 8 aliphatic carbocycles. The third-order valence-electron chi connectivity index (χ3n) is 10.0. The molecule has 0 amide bonds. The van der Waals surface area contributed by atoms with Crippen molar-refractivity contribution in [1.29, 1.82) is 0 Å². The van der Waals surface area contributed by atoms with Crippen molar-refractivity contribution in [2.75, 3.05) is 13.3 Å². The zero-order valence-corrected chi connectivity index (χ0v) is 19.1. The van der Waals surface area contributed by atoms with Gasteiger partial charge in [-0.1, -0.05) is 14.4 Å². The van der Waals surface area contributed by atoms with Gasteiger partial charge in [-0.05, 0) is 111 Å². The lowest BCUT2D eigenvalue weighted by molar-refractivity contribution is -0.510. The molecule has 4 atom stereocenters. The SMILES string of the molecule is C.CC12CC3CC(C1)CC(CCF)(C3)C2.[CH3-].[NH3+]C12CC3CC(C1)CC(CCF)(C3)C2. The van der Waals surface area contributed by atoms with E-state index in [1.165, 1.54) is 77.0 Å². The second kappa shape index (κ2) is 8.31. The minimum absolute atomic E-state index is 0. The highest BCUT2D eigenvalue weighted by atomic mass is 19.1. The second-order valence-corrected chi connectivity index (χ2v) is 13.1. The van der Waals surface area contributed by atoms with Crippen LogP contribution in [0.25, 0.3) is 0 Å². The standard InChI is InChI=1S/C13H21F.C12H20FN.CH4.CH3/c1-12-5-10-4-11(6-12)8-13(7-10,9-12)2-3-14;13-2-1-11-4-9-3-10(5-11)7-12(14,6-9)8-11;;/h10-11H,2-9H2,1H3;9-10H,1-8,14H2;1H4;1H3/q;;;-1/p+1. The molecule has 3 heteroatoms. The second-order valence-electron chi connectivity index (χ2n) is 13.1. The molecule has 0 heterocycles. The molecule has 0 aromatic heterocycles. The number of alkyl halides is 2. The van der Waals surface area contributed by atoms with Crippen molar-refractivity contribution in [3.8, 4) is 0 Å². The summed E-state index contributed by atoms with van der Waals surface area (Å²) in [7, 11) is 0. The van der Waals surface area contributed by atoms with Gasteiger partial charge in [-0.15, -0.1) is 0 Å². The normalized spacial score (nSPS) is 51.6. The third-order valence-corrected chi connectivity index (χ3v) is 10.0. The summed E-state index contributed by atoms with van der Waals surface area (Å²) in [6, 6.07) is 0. The Morgan fingerprint density at radius 2 is 1.10 bits per heavy atom.